The summed E-state index contributed by atoms with van der Waals surface area (Å²) >= 11 is 0. The number of amides is 2. The van der Waals surface area contributed by atoms with Gasteiger partial charge in [0.15, 0.2) is 0 Å². The molecular formula is C21H27N3O2. The Morgan fingerprint density at radius 1 is 1.00 bits per heavy atom. The lowest BCUT2D eigenvalue weighted by molar-refractivity contribution is 0.0934. The maximum absolute atomic E-state index is 12.5. The standard InChI is InChI=1S/C21H27N3O2/c1-3-24(4-2)19(13-16-9-6-5-7-10-16)15-23-21(26)18-12-8-11-17(14-18)20(22)25/h5-12,14,19H,3-4,13,15H2,1-2H3,(H2,22,25)(H,23,26). The van der Waals surface area contributed by atoms with Crippen molar-refractivity contribution in [3.63, 3.8) is 0 Å². The van der Waals surface area contributed by atoms with Gasteiger partial charge in [-0.05, 0) is 43.3 Å². The van der Waals surface area contributed by atoms with Crippen LogP contribution in [0.15, 0.2) is 54.6 Å². The highest BCUT2D eigenvalue weighted by Gasteiger charge is 2.18. The van der Waals surface area contributed by atoms with Gasteiger partial charge in [-0.3, -0.25) is 14.5 Å². The quantitative estimate of drug-likeness (QED) is 0.727. The van der Waals surface area contributed by atoms with Crippen LogP contribution in [0.25, 0.3) is 0 Å². The van der Waals surface area contributed by atoms with Crippen LogP contribution in [0.3, 0.4) is 0 Å². The van der Waals surface area contributed by atoms with Crippen molar-refractivity contribution < 1.29 is 9.59 Å². The summed E-state index contributed by atoms with van der Waals surface area (Å²) in [5.74, 6) is -0.733. The van der Waals surface area contributed by atoms with Gasteiger partial charge in [-0.1, -0.05) is 50.2 Å². The van der Waals surface area contributed by atoms with Crippen molar-refractivity contribution in [2.75, 3.05) is 19.6 Å². The molecule has 2 aromatic carbocycles. The zero-order valence-electron chi connectivity index (χ0n) is 15.4. The molecule has 3 N–H and O–H groups in total. The molecule has 0 heterocycles. The largest absolute Gasteiger partial charge is 0.366 e. The van der Waals surface area contributed by atoms with Gasteiger partial charge < -0.3 is 11.1 Å². The van der Waals surface area contributed by atoms with E-state index in [0.29, 0.717) is 17.7 Å². The van der Waals surface area contributed by atoms with Gasteiger partial charge in [-0.15, -0.1) is 0 Å². The number of hydrogen-bond donors (Lipinski definition) is 2. The predicted octanol–water partition coefficient (Wildman–Crippen LogP) is 2.47. The molecule has 0 spiro atoms. The third-order valence-electron chi connectivity index (χ3n) is 4.55. The zero-order chi connectivity index (χ0) is 18.9. The van der Waals surface area contributed by atoms with E-state index >= 15 is 0 Å². The number of primary amides is 1. The molecule has 1 atom stereocenters. The smallest absolute Gasteiger partial charge is 0.251 e. The van der Waals surface area contributed by atoms with Gasteiger partial charge in [-0.25, -0.2) is 0 Å². The van der Waals surface area contributed by atoms with Crippen molar-refractivity contribution in [3.8, 4) is 0 Å². The topological polar surface area (TPSA) is 75.4 Å². The van der Waals surface area contributed by atoms with Crippen LogP contribution in [0.5, 0.6) is 0 Å². The van der Waals surface area contributed by atoms with Gasteiger partial charge >= 0.3 is 0 Å². The van der Waals surface area contributed by atoms with Crippen LogP contribution >= 0.6 is 0 Å². The maximum Gasteiger partial charge on any atom is 0.251 e. The summed E-state index contributed by atoms with van der Waals surface area (Å²) in [6.45, 7) is 6.62. The zero-order valence-corrected chi connectivity index (χ0v) is 15.4. The molecule has 5 heteroatoms. The molecule has 0 radical (unpaired) electrons. The maximum atomic E-state index is 12.5. The van der Waals surface area contributed by atoms with Crippen molar-refractivity contribution in [1.29, 1.82) is 0 Å². The Hall–Kier alpha value is -2.66. The third-order valence-corrected chi connectivity index (χ3v) is 4.55. The summed E-state index contributed by atoms with van der Waals surface area (Å²) in [6, 6.07) is 17.0. The molecule has 0 aliphatic rings. The lowest BCUT2D eigenvalue weighted by atomic mass is 10.0. The van der Waals surface area contributed by atoms with E-state index < -0.39 is 5.91 Å². The summed E-state index contributed by atoms with van der Waals surface area (Å²) in [5, 5.41) is 3.00. The molecular weight excluding hydrogens is 326 g/mol. The van der Waals surface area contributed by atoms with Gasteiger partial charge in [0.05, 0.1) is 0 Å². The molecule has 0 bridgehead atoms. The van der Waals surface area contributed by atoms with Gasteiger partial charge in [0, 0.05) is 23.7 Å². The lowest BCUT2D eigenvalue weighted by Crippen LogP contribution is -2.45. The Labute approximate surface area is 155 Å². The van der Waals surface area contributed by atoms with Crippen LogP contribution < -0.4 is 11.1 Å². The number of carbonyl (C=O) groups is 2. The molecule has 0 aliphatic carbocycles. The van der Waals surface area contributed by atoms with Crippen molar-refractivity contribution in [1.82, 2.24) is 10.2 Å². The van der Waals surface area contributed by atoms with Crippen molar-refractivity contribution >= 4 is 11.8 Å². The van der Waals surface area contributed by atoms with E-state index in [1.54, 1.807) is 18.2 Å². The van der Waals surface area contributed by atoms with Crippen LogP contribution in [0.2, 0.25) is 0 Å². The van der Waals surface area contributed by atoms with Crippen LogP contribution in [-0.4, -0.2) is 42.4 Å². The highest BCUT2D eigenvalue weighted by Crippen LogP contribution is 2.10. The lowest BCUT2D eigenvalue weighted by Gasteiger charge is -2.30. The number of carbonyl (C=O) groups excluding carboxylic acids is 2. The van der Waals surface area contributed by atoms with E-state index in [4.69, 9.17) is 5.73 Å². The highest BCUT2D eigenvalue weighted by atomic mass is 16.2. The summed E-state index contributed by atoms with van der Waals surface area (Å²) in [7, 11) is 0. The fraction of sp³-hybridized carbons (Fsp3) is 0.333. The first kappa shape index (κ1) is 19.7. The number of nitrogens with zero attached hydrogens (tertiary/aromatic N) is 1. The van der Waals surface area contributed by atoms with Crippen molar-refractivity contribution in [3.05, 3.63) is 71.3 Å². The molecule has 0 aliphatic heterocycles. The van der Waals surface area contributed by atoms with E-state index in [2.05, 4.69) is 36.2 Å². The summed E-state index contributed by atoms with van der Waals surface area (Å²) in [5.41, 5.74) is 7.31. The Morgan fingerprint density at radius 2 is 1.65 bits per heavy atom. The Bertz CT molecular complexity index is 727. The average molecular weight is 353 g/mol. The Morgan fingerprint density at radius 3 is 2.27 bits per heavy atom. The number of nitrogens with one attached hydrogen (secondary N) is 1. The minimum Gasteiger partial charge on any atom is -0.366 e. The Kier molecular flexibility index (Phi) is 7.36. The van der Waals surface area contributed by atoms with Crippen LogP contribution in [0.4, 0.5) is 0 Å². The SMILES string of the molecule is CCN(CC)C(CNC(=O)c1cccc(C(N)=O)c1)Cc1ccccc1. The van der Waals surface area contributed by atoms with E-state index in [9.17, 15) is 9.59 Å². The molecule has 5 nitrogen and oxygen atoms in total. The minimum atomic E-state index is -0.537. The summed E-state index contributed by atoms with van der Waals surface area (Å²) in [6.07, 6.45) is 0.865. The first-order valence-corrected chi connectivity index (χ1v) is 9.01. The van der Waals surface area contributed by atoms with Crippen LogP contribution in [-0.2, 0) is 6.42 Å². The monoisotopic (exact) mass is 353 g/mol. The molecule has 26 heavy (non-hydrogen) atoms. The second-order valence-electron chi connectivity index (χ2n) is 6.22. The summed E-state index contributed by atoms with van der Waals surface area (Å²) < 4.78 is 0. The number of hydrogen-bond acceptors (Lipinski definition) is 3. The van der Waals surface area contributed by atoms with Crippen LogP contribution in [0.1, 0.15) is 40.1 Å². The molecule has 2 aromatic rings. The number of benzene rings is 2. The van der Waals surface area contributed by atoms with Crippen molar-refractivity contribution in [2.45, 2.75) is 26.3 Å². The van der Waals surface area contributed by atoms with E-state index in [0.717, 1.165) is 19.5 Å². The molecule has 2 amide bonds. The minimum absolute atomic E-state index is 0.196. The predicted molar refractivity (Wildman–Crippen MR) is 104 cm³/mol. The van der Waals surface area contributed by atoms with E-state index in [1.165, 1.54) is 11.6 Å². The molecule has 0 saturated carbocycles. The molecule has 1 unspecified atom stereocenters. The van der Waals surface area contributed by atoms with Crippen LogP contribution in [0, 0.1) is 0 Å². The second-order valence-corrected chi connectivity index (χ2v) is 6.22. The van der Waals surface area contributed by atoms with E-state index in [1.807, 2.05) is 18.2 Å². The first-order chi connectivity index (χ1) is 12.5. The highest BCUT2D eigenvalue weighted by molar-refractivity contribution is 5.99. The van der Waals surface area contributed by atoms with Gasteiger partial charge in [-0.2, -0.15) is 0 Å². The fourth-order valence-electron chi connectivity index (χ4n) is 3.08. The molecule has 138 valence electrons. The van der Waals surface area contributed by atoms with E-state index in [-0.39, 0.29) is 11.9 Å². The number of nitrogens with two attached hydrogens (primary N) is 1. The molecule has 0 aromatic heterocycles. The normalized spacial score (nSPS) is 12.0. The average Bonchev–Trinajstić information content (AvgIpc) is 2.67. The molecule has 0 fully saturated rings. The Balaban J connectivity index is 2.07. The van der Waals surface area contributed by atoms with Gasteiger partial charge in [0.1, 0.15) is 0 Å². The van der Waals surface area contributed by atoms with Crippen molar-refractivity contribution in [2.24, 2.45) is 5.73 Å². The first-order valence-electron chi connectivity index (χ1n) is 9.01. The fourth-order valence-corrected chi connectivity index (χ4v) is 3.08. The molecule has 2 rings (SSSR count). The number of rotatable bonds is 9. The second kappa shape index (κ2) is 9.73. The third kappa shape index (κ3) is 5.43. The van der Waals surface area contributed by atoms with Gasteiger partial charge in [0.2, 0.25) is 5.91 Å². The molecule has 0 saturated heterocycles. The van der Waals surface area contributed by atoms with Gasteiger partial charge in [0.25, 0.3) is 5.91 Å². The summed E-state index contributed by atoms with van der Waals surface area (Å²) in [4.78, 5) is 26.1. The number of likely N-dealkylation sites (N-methyl/N-ethyl adjacent to an activating group) is 1.